The Morgan fingerprint density at radius 1 is 1.16 bits per heavy atom. The highest BCUT2D eigenvalue weighted by atomic mass is 16.7. The van der Waals surface area contributed by atoms with E-state index in [0.717, 1.165) is 44.8 Å². The lowest BCUT2D eigenvalue weighted by Gasteiger charge is -2.46. The maximum absolute atomic E-state index is 11.9. The Balaban J connectivity index is 1.52. The maximum Gasteiger partial charge on any atom is 0.309 e. The number of rotatable bonds is 0. The van der Waals surface area contributed by atoms with Crippen LogP contribution in [0.2, 0.25) is 0 Å². The van der Waals surface area contributed by atoms with Gasteiger partial charge in [0.05, 0.1) is 19.1 Å². The van der Waals surface area contributed by atoms with Crippen molar-refractivity contribution in [3.63, 3.8) is 0 Å². The molecule has 0 amide bonds. The third-order valence-electron chi connectivity index (χ3n) is 5.81. The van der Waals surface area contributed by atoms with E-state index in [1.165, 1.54) is 6.42 Å². The Kier molecular flexibility index (Phi) is 2.68. The van der Waals surface area contributed by atoms with Crippen LogP contribution in [0, 0.1) is 23.7 Å². The second-order valence-electron chi connectivity index (χ2n) is 6.75. The van der Waals surface area contributed by atoms with E-state index in [4.69, 9.17) is 14.2 Å². The zero-order valence-corrected chi connectivity index (χ0v) is 11.5. The van der Waals surface area contributed by atoms with Crippen LogP contribution in [0.3, 0.4) is 0 Å². The van der Waals surface area contributed by atoms with Gasteiger partial charge in [0.15, 0.2) is 5.79 Å². The first kappa shape index (κ1) is 12.2. The Morgan fingerprint density at radius 3 is 2.74 bits per heavy atom. The van der Waals surface area contributed by atoms with Gasteiger partial charge < -0.3 is 14.2 Å². The normalized spacial score (nSPS) is 47.8. The lowest BCUT2D eigenvalue weighted by Crippen LogP contribution is -2.45. The molecule has 2 aliphatic carbocycles. The van der Waals surface area contributed by atoms with Gasteiger partial charge in [-0.05, 0) is 38.0 Å². The first-order valence-electron chi connectivity index (χ1n) is 7.65. The monoisotopic (exact) mass is 266 g/mol. The molecule has 4 rings (SSSR count). The summed E-state index contributed by atoms with van der Waals surface area (Å²) >= 11 is 0. The highest BCUT2D eigenvalue weighted by Crippen LogP contribution is 2.53. The highest BCUT2D eigenvalue weighted by molar-refractivity contribution is 5.75. The molecule has 0 aromatic carbocycles. The van der Waals surface area contributed by atoms with E-state index in [9.17, 15) is 4.79 Å². The molecule has 2 saturated heterocycles. The summed E-state index contributed by atoms with van der Waals surface area (Å²) in [5.74, 6) is 1.61. The van der Waals surface area contributed by atoms with Crippen molar-refractivity contribution < 1.29 is 19.0 Å². The molecule has 0 N–H and O–H groups in total. The fourth-order valence-corrected chi connectivity index (χ4v) is 4.82. The van der Waals surface area contributed by atoms with Gasteiger partial charge in [-0.1, -0.05) is 0 Å². The SMILES string of the molecule is CC1OC(=O)C2C[C@@H]3CC4(CCC3CC12)OCCO4. The van der Waals surface area contributed by atoms with Gasteiger partial charge in [0.2, 0.25) is 0 Å². The van der Waals surface area contributed by atoms with E-state index < -0.39 is 0 Å². The van der Waals surface area contributed by atoms with Gasteiger partial charge in [-0.15, -0.1) is 0 Å². The summed E-state index contributed by atoms with van der Waals surface area (Å²) in [6.07, 6.45) is 5.42. The number of hydrogen-bond acceptors (Lipinski definition) is 4. The van der Waals surface area contributed by atoms with Crippen molar-refractivity contribution >= 4 is 5.97 Å². The Bertz CT molecular complexity index is 388. The van der Waals surface area contributed by atoms with Gasteiger partial charge in [-0.2, -0.15) is 0 Å². The Morgan fingerprint density at radius 2 is 1.95 bits per heavy atom. The van der Waals surface area contributed by atoms with Crippen molar-refractivity contribution in [3.05, 3.63) is 0 Å². The van der Waals surface area contributed by atoms with Gasteiger partial charge in [0.1, 0.15) is 6.10 Å². The zero-order chi connectivity index (χ0) is 13.0. The zero-order valence-electron chi connectivity index (χ0n) is 11.5. The van der Waals surface area contributed by atoms with Crippen molar-refractivity contribution in [1.29, 1.82) is 0 Å². The van der Waals surface area contributed by atoms with Gasteiger partial charge in [-0.25, -0.2) is 0 Å². The van der Waals surface area contributed by atoms with E-state index in [1.54, 1.807) is 0 Å². The van der Waals surface area contributed by atoms with Gasteiger partial charge in [0.25, 0.3) is 0 Å². The standard InChI is InChI=1S/C15H22O4/c1-9-12-6-10-2-3-15(17-4-5-18-15)8-11(10)7-13(12)14(16)19-9/h9-13H,2-8H2,1H3/t9?,10?,11-,12?,13?/m1/s1. The average Bonchev–Trinajstić information content (AvgIpc) is 2.95. The fraction of sp³-hybridized carbons (Fsp3) is 0.933. The van der Waals surface area contributed by atoms with E-state index in [-0.39, 0.29) is 23.8 Å². The second kappa shape index (κ2) is 4.19. The number of hydrogen-bond donors (Lipinski definition) is 0. The third kappa shape index (κ3) is 1.83. The minimum absolute atomic E-state index is 0.0313. The number of esters is 1. The van der Waals surface area contributed by atoms with E-state index >= 15 is 0 Å². The smallest absolute Gasteiger partial charge is 0.309 e. The molecular weight excluding hydrogens is 244 g/mol. The predicted octanol–water partition coefficient (Wildman–Crippen LogP) is 2.12. The van der Waals surface area contributed by atoms with Crippen LogP contribution < -0.4 is 0 Å². The molecule has 1 spiro atoms. The van der Waals surface area contributed by atoms with Crippen LogP contribution in [-0.2, 0) is 19.0 Å². The van der Waals surface area contributed by atoms with Crippen LogP contribution in [0.5, 0.6) is 0 Å². The Labute approximate surface area is 113 Å². The summed E-state index contributed by atoms with van der Waals surface area (Å²) in [6.45, 7) is 3.50. The molecule has 106 valence electrons. The van der Waals surface area contributed by atoms with Gasteiger partial charge in [-0.3, -0.25) is 4.79 Å². The van der Waals surface area contributed by atoms with Crippen molar-refractivity contribution in [3.8, 4) is 0 Å². The second-order valence-corrected chi connectivity index (χ2v) is 6.75. The van der Waals surface area contributed by atoms with Crippen LogP contribution in [-0.4, -0.2) is 31.1 Å². The maximum atomic E-state index is 11.9. The molecule has 2 saturated carbocycles. The molecule has 4 nitrogen and oxygen atoms in total. The number of carbonyl (C=O) groups is 1. The summed E-state index contributed by atoms with van der Waals surface area (Å²) in [6, 6.07) is 0. The van der Waals surface area contributed by atoms with E-state index in [0.29, 0.717) is 11.8 Å². The summed E-state index contributed by atoms with van der Waals surface area (Å²) in [5, 5.41) is 0. The minimum atomic E-state index is -0.317. The molecule has 4 unspecified atom stereocenters. The molecule has 2 heterocycles. The number of ether oxygens (including phenoxy) is 3. The third-order valence-corrected chi connectivity index (χ3v) is 5.81. The van der Waals surface area contributed by atoms with Crippen molar-refractivity contribution in [2.45, 2.75) is 50.9 Å². The van der Waals surface area contributed by atoms with Crippen LogP contribution in [0.25, 0.3) is 0 Å². The molecule has 4 fully saturated rings. The highest BCUT2D eigenvalue weighted by Gasteiger charge is 2.53. The lowest BCUT2D eigenvalue weighted by atomic mass is 9.62. The first-order valence-corrected chi connectivity index (χ1v) is 7.65. The molecular formula is C15H22O4. The molecule has 19 heavy (non-hydrogen) atoms. The molecule has 5 atom stereocenters. The van der Waals surface area contributed by atoms with Crippen LogP contribution in [0.4, 0.5) is 0 Å². The van der Waals surface area contributed by atoms with Crippen molar-refractivity contribution in [2.24, 2.45) is 23.7 Å². The molecule has 0 aromatic heterocycles. The topological polar surface area (TPSA) is 44.8 Å². The molecule has 0 bridgehead atoms. The summed E-state index contributed by atoms with van der Waals surface area (Å²) in [4.78, 5) is 11.9. The quantitative estimate of drug-likeness (QED) is 0.630. The predicted molar refractivity (Wildman–Crippen MR) is 67.2 cm³/mol. The van der Waals surface area contributed by atoms with E-state index in [2.05, 4.69) is 6.92 Å². The number of carbonyl (C=O) groups excluding carboxylic acids is 1. The number of cyclic esters (lactones) is 1. The van der Waals surface area contributed by atoms with Crippen LogP contribution >= 0.6 is 0 Å². The lowest BCUT2D eigenvalue weighted by molar-refractivity contribution is -0.201. The van der Waals surface area contributed by atoms with Crippen LogP contribution in [0.15, 0.2) is 0 Å². The van der Waals surface area contributed by atoms with Crippen molar-refractivity contribution in [2.75, 3.05) is 13.2 Å². The average molecular weight is 266 g/mol. The number of fused-ring (bicyclic) bond motifs is 2. The molecule has 0 radical (unpaired) electrons. The molecule has 0 aromatic rings. The first-order chi connectivity index (χ1) is 9.17. The Hall–Kier alpha value is -0.610. The van der Waals surface area contributed by atoms with Crippen molar-refractivity contribution in [1.82, 2.24) is 0 Å². The van der Waals surface area contributed by atoms with E-state index in [1.807, 2.05) is 0 Å². The van der Waals surface area contributed by atoms with Gasteiger partial charge >= 0.3 is 5.97 Å². The summed E-state index contributed by atoms with van der Waals surface area (Å²) in [5.41, 5.74) is 0. The molecule has 4 heteroatoms. The fourth-order valence-electron chi connectivity index (χ4n) is 4.82. The summed E-state index contributed by atoms with van der Waals surface area (Å²) < 4.78 is 17.1. The molecule has 4 aliphatic rings. The van der Waals surface area contributed by atoms with Crippen LogP contribution in [0.1, 0.15) is 39.0 Å². The van der Waals surface area contributed by atoms with Gasteiger partial charge in [0, 0.05) is 18.8 Å². The minimum Gasteiger partial charge on any atom is -0.462 e. The molecule has 2 aliphatic heterocycles. The summed E-state index contributed by atoms with van der Waals surface area (Å²) in [7, 11) is 0. The largest absolute Gasteiger partial charge is 0.462 e.